The number of amides is 1. The van der Waals surface area contributed by atoms with Crippen molar-refractivity contribution in [2.45, 2.75) is 25.7 Å². The molecule has 64 valence electrons. The minimum absolute atomic E-state index is 0.120. The van der Waals surface area contributed by atoms with E-state index in [1.807, 2.05) is 0 Å². The molecule has 2 rings (SSSR count). The highest BCUT2D eigenvalue weighted by molar-refractivity contribution is 5.87. The maximum Gasteiger partial charge on any atom is 0.222 e. The molecule has 1 aromatic heterocycles. The molecule has 1 heterocycles. The van der Waals surface area contributed by atoms with Crippen molar-refractivity contribution in [3.05, 3.63) is 11.8 Å². The van der Waals surface area contributed by atoms with Gasteiger partial charge in [0.1, 0.15) is 5.76 Å². The Hall–Kier alpha value is -1.32. The van der Waals surface area contributed by atoms with Crippen molar-refractivity contribution in [2.24, 2.45) is 0 Å². The third-order valence-corrected chi connectivity index (χ3v) is 1.81. The summed E-state index contributed by atoms with van der Waals surface area (Å²) in [6.45, 7) is 1.45. The molecule has 0 aromatic carbocycles. The quantitative estimate of drug-likeness (QED) is 0.724. The number of anilines is 1. The highest BCUT2D eigenvalue weighted by Gasteiger charge is 2.27. The lowest BCUT2D eigenvalue weighted by atomic mass is 10.3. The molecule has 0 atom stereocenters. The van der Waals surface area contributed by atoms with Gasteiger partial charge < -0.3 is 9.84 Å². The lowest BCUT2D eigenvalue weighted by Gasteiger charge is -1.90. The zero-order valence-electron chi connectivity index (χ0n) is 6.83. The van der Waals surface area contributed by atoms with Crippen molar-refractivity contribution in [1.29, 1.82) is 0 Å². The number of carbonyl (C=O) groups excluding carboxylic acids is 1. The van der Waals surface area contributed by atoms with Gasteiger partial charge >= 0.3 is 0 Å². The fraction of sp³-hybridized carbons (Fsp3) is 0.500. The second kappa shape index (κ2) is 2.62. The summed E-state index contributed by atoms with van der Waals surface area (Å²) in [6.07, 6.45) is 2.35. The summed E-state index contributed by atoms with van der Waals surface area (Å²) >= 11 is 0. The Morgan fingerprint density at radius 3 is 3.08 bits per heavy atom. The second-order valence-corrected chi connectivity index (χ2v) is 3.07. The molecule has 0 unspecified atom stereocenters. The van der Waals surface area contributed by atoms with Crippen LogP contribution in [0.2, 0.25) is 0 Å². The zero-order valence-corrected chi connectivity index (χ0v) is 6.83. The molecule has 1 saturated carbocycles. The first-order valence-corrected chi connectivity index (χ1v) is 4.00. The molecule has 1 aliphatic rings. The molecule has 0 radical (unpaired) electrons. The lowest BCUT2D eigenvalue weighted by Crippen LogP contribution is -2.05. The van der Waals surface area contributed by atoms with Crippen LogP contribution in [0.1, 0.15) is 31.4 Å². The van der Waals surface area contributed by atoms with Gasteiger partial charge in [0.05, 0.1) is 0 Å². The number of hydrogen-bond acceptors (Lipinski definition) is 3. The van der Waals surface area contributed by atoms with E-state index in [1.54, 1.807) is 6.07 Å². The molecular formula is C8H10N2O2. The normalized spacial score (nSPS) is 16.1. The Kier molecular flexibility index (Phi) is 1.60. The molecule has 1 N–H and O–H groups in total. The summed E-state index contributed by atoms with van der Waals surface area (Å²) in [7, 11) is 0. The van der Waals surface area contributed by atoms with Gasteiger partial charge in [-0.25, -0.2) is 0 Å². The first kappa shape index (κ1) is 7.34. The van der Waals surface area contributed by atoms with E-state index in [4.69, 9.17) is 4.52 Å². The van der Waals surface area contributed by atoms with Crippen LogP contribution >= 0.6 is 0 Å². The van der Waals surface area contributed by atoms with E-state index in [2.05, 4.69) is 10.5 Å². The molecule has 0 aliphatic heterocycles. The molecule has 4 nitrogen and oxygen atoms in total. The molecule has 1 fully saturated rings. The molecular weight excluding hydrogens is 156 g/mol. The SMILES string of the molecule is CC(=O)Nc1cc(C2CC2)on1. The van der Waals surface area contributed by atoms with Gasteiger partial charge in [-0.2, -0.15) is 0 Å². The highest BCUT2D eigenvalue weighted by atomic mass is 16.5. The van der Waals surface area contributed by atoms with Gasteiger partial charge in [-0.3, -0.25) is 4.79 Å². The second-order valence-electron chi connectivity index (χ2n) is 3.07. The minimum Gasteiger partial charge on any atom is -0.359 e. The lowest BCUT2D eigenvalue weighted by molar-refractivity contribution is -0.114. The van der Waals surface area contributed by atoms with Crippen LogP contribution in [0.25, 0.3) is 0 Å². The molecule has 1 aromatic rings. The van der Waals surface area contributed by atoms with E-state index in [0.717, 1.165) is 5.76 Å². The summed E-state index contributed by atoms with van der Waals surface area (Å²) in [4.78, 5) is 10.6. The Bertz CT molecular complexity index is 302. The molecule has 1 aliphatic carbocycles. The largest absolute Gasteiger partial charge is 0.359 e. The fourth-order valence-corrected chi connectivity index (χ4v) is 1.09. The van der Waals surface area contributed by atoms with E-state index in [0.29, 0.717) is 11.7 Å². The summed E-state index contributed by atoms with van der Waals surface area (Å²) in [6, 6.07) is 1.79. The maximum absolute atomic E-state index is 10.6. The van der Waals surface area contributed by atoms with Crippen LogP contribution in [0.5, 0.6) is 0 Å². The number of carbonyl (C=O) groups is 1. The van der Waals surface area contributed by atoms with Crippen LogP contribution in [0.15, 0.2) is 10.6 Å². The molecule has 1 amide bonds. The zero-order chi connectivity index (χ0) is 8.55. The molecule has 0 bridgehead atoms. The van der Waals surface area contributed by atoms with Crippen molar-refractivity contribution in [3.8, 4) is 0 Å². The van der Waals surface area contributed by atoms with E-state index in [1.165, 1.54) is 19.8 Å². The highest BCUT2D eigenvalue weighted by Crippen LogP contribution is 2.40. The molecule has 12 heavy (non-hydrogen) atoms. The third kappa shape index (κ3) is 1.47. The van der Waals surface area contributed by atoms with Gasteiger partial charge in [-0.05, 0) is 12.8 Å². The average molecular weight is 166 g/mol. The average Bonchev–Trinajstić information content (AvgIpc) is 2.73. The molecule has 0 spiro atoms. The Morgan fingerprint density at radius 2 is 2.50 bits per heavy atom. The van der Waals surface area contributed by atoms with Crippen molar-refractivity contribution in [3.63, 3.8) is 0 Å². The van der Waals surface area contributed by atoms with Gasteiger partial charge in [0.25, 0.3) is 0 Å². The van der Waals surface area contributed by atoms with Crippen molar-refractivity contribution < 1.29 is 9.32 Å². The number of nitrogens with zero attached hydrogens (tertiary/aromatic N) is 1. The van der Waals surface area contributed by atoms with Crippen molar-refractivity contribution in [2.75, 3.05) is 5.32 Å². The Balaban J connectivity index is 2.07. The smallest absolute Gasteiger partial charge is 0.222 e. The van der Waals surface area contributed by atoms with Gasteiger partial charge in [-0.15, -0.1) is 0 Å². The van der Waals surface area contributed by atoms with Crippen molar-refractivity contribution >= 4 is 11.7 Å². The number of nitrogens with one attached hydrogen (secondary N) is 1. The summed E-state index contributed by atoms with van der Waals surface area (Å²) in [5.74, 6) is 1.83. The summed E-state index contributed by atoms with van der Waals surface area (Å²) in [5, 5.41) is 6.27. The predicted molar refractivity (Wildman–Crippen MR) is 42.8 cm³/mol. The van der Waals surface area contributed by atoms with Gasteiger partial charge in [0.15, 0.2) is 5.82 Å². The van der Waals surface area contributed by atoms with Crippen LogP contribution < -0.4 is 5.32 Å². The minimum atomic E-state index is -0.120. The summed E-state index contributed by atoms with van der Waals surface area (Å²) in [5.41, 5.74) is 0. The molecule has 4 heteroatoms. The van der Waals surface area contributed by atoms with Gasteiger partial charge in [0.2, 0.25) is 5.91 Å². The maximum atomic E-state index is 10.6. The van der Waals surface area contributed by atoms with E-state index in [9.17, 15) is 4.79 Å². The topological polar surface area (TPSA) is 55.1 Å². The van der Waals surface area contributed by atoms with Crippen LogP contribution in [0.4, 0.5) is 5.82 Å². The van der Waals surface area contributed by atoms with Crippen LogP contribution in [0.3, 0.4) is 0 Å². The summed E-state index contributed by atoms with van der Waals surface area (Å²) < 4.78 is 5.02. The predicted octanol–water partition coefficient (Wildman–Crippen LogP) is 1.51. The van der Waals surface area contributed by atoms with E-state index in [-0.39, 0.29) is 5.91 Å². The molecule has 0 saturated heterocycles. The standard InChI is InChI=1S/C8H10N2O2/c1-5(11)9-8-4-7(12-10-8)6-2-3-6/h4,6H,2-3H2,1H3,(H,9,10,11). The number of aromatic nitrogens is 1. The van der Waals surface area contributed by atoms with Crippen LogP contribution in [-0.4, -0.2) is 11.1 Å². The first-order chi connectivity index (χ1) is 5.75. The Labute approximate surface area is 69.9 Å². The Morgan fingerprint density at radius 1 is 1.75 bits per heavy atom. The van der Waals surface area contributed by atoms with Crippen LogP contribution in [-0.2, 0) is 4.79 Å². The monoisotopic (exact) mass is 166 g/mol. The van der Waals surface area contributed by atoms with Gasteiger partial charge in [0, 0.05) is 18.9 Å². The van der Waals surface area contributed by atoms with E-state index < -0.39 is 0 Å². The van der Waals surface area contributed by atoms with Crippen molar-refractivity contribution in [1.82, 2.24) is 5.16 Å². The number of rotatable bonds is 2. The number of hydrogen-bond donors (Lipinski definition) is 1. The third-order valence-electron chi connectivity index (χ3n) is 1.81. The van der Waals surface area contributed by atoms with Gasteiger partial charge in [-0.1, -0.05) is 5.16 Å². The van der Waals surface area contributed by atoms with Crippen LogP contribution in [0, 0.1) is 0 Å². The first-order valence-electron chi connectivity index (χ1n) is 4.00. The van der Waals surface area contributed by atoms with E-state index >= 15 is 0 Å². The fourth-order valence-electron chi connectivity index (χ4n) is 1.09.